The molecule has 3 rings (SSSR count). The third-order valence-electron chi connectivity index (χ3n) is 3.91. The molecule has 2 atom stereocenters. The molecular formula is C15H17NO5. The van der Waals surface area contributed by atoms with Crippen LogP contribution < -0.4 is 0 Å². The third kappa shape index (κ3) is 2.77. The van der Waals surface area contributed by atoms with Crippen molar-refractivity contribution in [1.82, 2.24) is 4.90 Å². The van der Waals surface area contributed by atoms with Crippen molar-refractivity contribution in [2.75, 3.05) is 19.8 Å². The van der Waals surface area contributed by atoms with Gasteiger partial charge in [-0.3, -0.25) is 4.79 Å². The molecule has 2 heterocycles. The molecule has 0 bridgehead atoms. The van der Waals surface area contributed by atoms with Gasteiger partial charge >= 0.3 is 5.97 Å². The van der Waals surface area contributed by atoms with Crippen molar-refractivity contribution >= 4 is 11.9 Å². The molecule has 0 aliphatic carbocycles. The van der Waals surface area contributed by atoms with Gasteiger partial charge in [0.05, 0.1) is 19.8 Å². The summed E-state index contributed by atoms with van der Waals surface area (Å²) in [6.07, 6.45) is -0.379. The smallest absolute Gasteiger partial charge is 0.326 e. The van der Waals surface area contributed by atoms with Gasteiger partial charge in [0.2, 0.25) is 0 Å². The fourth-order valence-corrected chi connectivity index (χ4v) is 2.79. The predicted molar refractivity (Wildman–Crippen MR) is 72.7 cm³/mol. The second-order valence-electron chi connectivity index (χ2n) is 5.23. The number of hydrogen-bond donors (Lipinski definition) is 1. The summed E-state index contributed by atoms with van der Waals surface area (Å²) in [6, 6.07) is 6.76. The molecular weight excluding hydrogens is 274 g/mol. The van der Waals surface area contributed by atoms with Gasteiger partial charge in [0, 0.05) is 13.0 Å². The number of benzene rings is 1. The first-order chi connectivity index (χ1) is 10.2. The van der Waals surface area contributed by atoms with Gasteiger partial charge in [0.1, 0.15) is 6.04 Å². The fraction of sp³-hybridized carbons (Fsp3) is 0.467. The highest BCUT2D eigenvalue weighted by molar-refractivity contribution is 5.87. The second-order valence-corrected chi connectivity index (χ2v) is 5.23. The van der Waals surface area contributed by atoms with Crippen LogP contribution in [0.15, 0.2) is 24.3 Å². The van der Waals surface area contributed by atoms with Crippen molar-refractivity contribution in [2.24, 2.45) is 0 Å². The Labute approximate surface area is 122 Å². The van der Waals surface area contributed by atoms with Crippen molar-refractivity contribution < 1.29 is 24.2 Å². The molecule has 1 aromatic carbocycles. The van der Waals surface area contributed by atoms with Crippen LogP contribution in [-0.4, -0.2) is 53.8 Å². The predicted octanol–water partition coefficient (Wildman–Crippen LogP) is 0.440. The first kappa shape index (κ1) is 14.0. The summed E-state index contributed by atoms with van der Waals surface area (Å²) in [6.45, 7) is 1.31. The summed E-state index contributed by atoms with van der Waals surface area (Å²) in [7, 11) is 0. The van der Waals surface area contributed by atoms with Gasteiger partial charge in [0.25, 0.3) is 5.91 Å². The zero-order valence-electron chi connectivity index (χ0n) is 11.5. The molecule has 1 N–H and O–H groups in total. The zero-order chi connectivity index (χ0) is 14.8. The molecule has 112 valence electrons. The van der Waals surface area contributed by atoms with Gasteiger partial charge in [-0.2, -0.15) is 0 Å². The lowest BCUT2D eigenvalue weighted by molar-refractivity contribution is -0.166. The highest BCUT2D eigenvalue weighted by atomic mass is 16.6. The van der Waals surface area contributed by atoms with Gasteiger partial charge in [-0.05, 0) is 11.1 Å². The Balaban J connectivity index is 1.85. The Morgan fingerprint density at radius 3 is 2.62 bits per heavy atom. The maximum atomic E-state index is 12.5. The van der Waals surface area contributed by atoms with Crippen LogP contribution >= 0.6 is 0 Å². The third-order valence-corrected chi connectivity index (χ3v) is 3.91. The minimum Gasteiger partial charge on any atom is -0.480 e. The van der Waals surface area contributed by atoms with Crippen LogP contribution in [0, 0.1) is 0 Å². The number of aliphatic carboxylic acids is 1. The van der Waals surface area contributed by atoms with Crippen molar-refractivity contribution in [3.05, 3.63) is 35.4 Å². The van der Waals surface area contributed by atoms with Gasteiger partial charge in [-0.25, -0.2) is 4.79 Å². The van der Waals surface area contributed by atoms with Crippen LogP contribution in [-0.2, 0) is 32.0 Å². The number of ether oxygens (including phenoxy) is 2. The maximum Gasteiger partial charge on any atom is 0.326 e. The Hall–Kier alpha value is -1.92. The number of carbonyl (C=O) groups excluding carboxylic acids is 1. The van der Waals surface area contributed by atoms with Crippen LogP contribution in [0.4, 0.5) is 0 Å². The Bertz CT molecular complexity index is 553. The van der Waals surface area contributed by atoms with Crippen LogP contribution in [0.3, 0.4) is 0 Å². The Kier molecular flexibility index (Phi) is 3.90. The lowest BCUT2D eigenvalue weighted by Gasteiger charge is -2.37. The highest BCUT2D eigenvalue weighted by Crippen LogP contribution is 2.25. The fourth-order valence-electron chi connectivity index (χ4n) is 2.79. The van der Waals surface area contributed by atoms with E-state index in [4.69, 9.17) is 9.47 Å². The largest absolute Gasteiger partial charge is 0.480 e. The summed E-state index contributed by atoms with van der Waals surface area (Å²) in [5.74, 6) is -1.30. The van der Waals surface area contributed by atoms with E-state index in [1.54, 1.807) is 0 Å². The highest BCUT2D eigenvalue weighted by Gasteiger charge is 2.38. The monoisotopic (exact) mass is 291 g/mol. The molecule has 0 saturated carbocycles. The maximum absolute atomic E-state index is 12.5. The van der Waals surface area contributed by atoms with Crippen LogP contribution in [0.5, 0.6) is 0 Å². The van der Waals surface area contributed by atoms with E-state index in [1.807, 2.05) is 24.3 Å². The summed E-state index contributed by atoms with van der Waals surface area (Å²) in [5, 5.41) is 9.42. The molecule has 1 saturated heterocycles. The topological polar surface area (TPSA) is 76.1 Å². The molecule has 0 spiro atoms. The first-order valence-electron chi connectivity index (χ1n) is 6.96. The molecule has 1 fully saturated rings. The number of fused-ring (bicyclic) bond motifs is 1. The number of nitrogens with zero attached hydrogens (tertiary/aromatic N) is 1. The number of rotatable bonds is 2. The van der Waals surface area contributed by atoms with Gasteiger partial charge < -0.3 is 19.5 Å². The van der Waals surface area contributed by atoms with E-state index in [0.29, 0.717) is 26.2 Å². The molecule has 21 heavy (non-hydrogen) atoms. The van der Waals surface area contributed by atoms with E-state index < -0.39 is 18.1 Å². The molecule has 0 radical (unpaired) electrons. The second kappa shape index (κ2) is 5.83. The van der Waals surface area contributed by atoms with E-state index in [1.165, 1.54) is 4.90 Å². The summed E-state index contributed by atoms with van der Waals surface area (Å²) >= 11 is 0. The van der Waals surface area contributed by atoms with Gasteiger partial charge in [-0.15, -0.1) is 0 Å². The summed E-state index contributed by atoms with van der Waals surface area (Å²) < 4.78 is 10.6. The van der Waals surface area contributed by atoms with Crippen LogP contribution in [0.2, 0.25) is 0 Å². The number of carboxylic acid groups (broad SMARTS) is 1. The molecule has 6 nitrogen and oxygen atoms in total. The van der Waals surface area contributed by atoms with E-state index in [9.17, 15) is 14.7 Å². The minimum atomic E-state index is -0.991. The van der Waals surface area contributed by atoms with Crippen LogP contribution in [0.1, 0.15) is 11.1 Å². The van der Waals surface area contributed by atoms with Crippen molar-refractivity contribution in [1.29, 1.82) is 0 Å². The minimum absolute atomic E-state index is 0.184. The number of hydrogen-bond acceptors (Lipinski definition) is 4. The van der Waals surface area contributed by atoms with Gasteiger partial charge in [0.15, 0.2) is 6.10 Å². The van der Waals surface area contributed by atoms with Crippen molar-refractivity contribution in [2.45, 2.75) is 25.1 Å². The molecule has 1 amide bonds. The number of carbonyl (C=O) groups is 2. The molecule has 1 aromatic rings. The Morgan fingerprint density at radius 2 is 1.95 bits per heavy atom. The normalized spacial score (nSPS) is 25.2. The standard InChI is InChI=1S/C15H17NO5/c17-14(13-9-20-5-6-21-13)16-8-11-4-2-1-3-10(11)7-12(16)15(18)19/h1-4,12-13H,5-9H2,(H,18,19)/t12-,13?/m0/s1. The molecule has 1 unspecified atom stereocenters. The molecule has 6 heteroatoms. The molecule has 2 aliphatic rings. The SMILES string of the molecule is O=C(O)[C@@H]1Cc2ccccc2CN1C(=O)C1COCCO1. The average molecular weight is 291 g/mol. The lowest BCUT2D eigenvalue weighted by Crippen LogP contribution is -2.54. The van der Waals surface area contributed by atoms with E-state index in [-0.39, 0.29) is 12.5 Å². The first-order valence-corrected chi connectivity index (χ1v) is 6.96. The zero-order valence-corrected chi connectivity index (χ0v) is 11.5. The average Bonchev–Trinajstić information content (AvgIpc) is 2.53. The van der Waals surface area contributed by atoms with E-state index >= 15 is 0 Å². The van der Waals surface area contributed by atoms with E-state index in [0.717, 1.165) is 11.1 Å². The lowest BCUT2D eigenvalue weighted by atomic mass is 9.93. The molecule has 2 aliphatic heterocycles. The molecule has 0 aromatic heterocycles. The Morgan fingerprint density at radius 1 is 1.19 bits per heavy atom. The number of amides is 1. The van der Waals surface area contributed by atoms with Crippen molar-refractivity contribution in [3.8, 4) is 0 Å². The van der Waals surface area contributed by atoms with E-state index in [2.05, 4.69) is 0 Å². The van der Waals surface area contributed by atoms with Crippen LogP contribution in [0.25, 0.3) is 0 Å². The van der Waals surface area contributed by atoms with Crippen molar-refractivity contribution in [3.63, 3.8) is 0 Å². The van der Waals surface area contributed by atoms with Gasteiger partial charge in [-0.1, -0.05) is 24.3 Å². The quantitative estimate of drug-likeness (QED) is 0.855. The summed E-state index contributed by atoms with van der Waals surface area (Å²) in [5.41, 5.74) is 1.97. The number of carboxylic acids is 1. The summed E-state index contributed by atoms with van der Waals surface area (Å²) in [4.78, 5) is 25.4.